The lowest BCUT2D eigenvalue weighted by atomic mass is 9.86. The number of nitrogens with one attached hydrogen (secondary N) is 2. The molecule has 224 valence electrons. The molecule has 2 heterocycles. The largest absolute Gasteiger partial charge is 0.497 e. The van der Waals surface area contributed by atoms with Crippen molar-refractivity contribution in [1.29, 1.82) is 0 Å². The second kappa shape index (κ2) is 12.3. The van der Waals surface area contributed by atoms with E-state index in [1.807, 2.05) is 48.5 Å². The molecule has 2 N–H and O–H groups in total. The Hall–Kier alpha value is -5.06. The molecule has 2 aliphatic rings. The van der Waals surface area contributed by atoms with Crippen molar-refractivity contribution in [1.82, 2.24) is 20.4 Å². The van der Waals surface area contributed by atoms with E-state index in [-0.39, 0.29) is 13.1 Å². The van der Waals surface area contributed by atoms with Crippen molar-refractivity contribution in [2.24, 2.45) is 0 Å². The van der Waals surface area contributed by atoms with Crippen LogP contribution in [0.1, 0.15) is 52.6 Å². The molecule has 0 aliphatic carbocycles. The standard InChI is InChI=1S/C34H32N4O6/c1-43-23-7-3-21(4-8-23)19-35-15-17-37-31(39)25-11-13-27-30-28(14-12-26(29(25)30)32(37)40)34(42)38(33(27)41)18-16-36-20-22-5-9-24(44-2)10-6-22/h3-14,35-36H,15-20H2,1-2H3. The third-order valence-electron chi connectivity index (χ3n) is 8.06. The van der Waals surface area contributed by atoms with Crippen LogP contribution in [0.3, 0.4) is 0 Å². The molecule has 0 spiro atoms. The molecule has 0 aromatic heterocycles. The van der Waals surface area contributed by atoms with Crippen molar-refractivity contribution in [2.75, 3.05) is 40.4 Å². The minimum Gasteiger partial charge on any atom is -0.497 e. The number of benzene rings is 4. The van der Waals surface area contributed by atoms with Crippen molar-refractivity contribution >= 4 is 34.4 Å². The molecule has 44 heavy (non-hydrogen) atoms. The van der Waals surface area contributed by atoms with E-state index in [0.29, 0.717) is 59.2 Å². The van der Waals surface area contributed by atoms with Crippen LogP contribution in [0.25, 0.3) is 10.8 Å². The molecule has 10 heteroatoms. The van der Waals surface area contributed by atoms with Gasteiger partial charge in [-0.25, -0.2) is 0 Å². The number of amides is 4. The van der Waals surface area contributed by atoms with Gasteiger partial charge >= 0.3 is 0 Å². The van der Waals surface area contributed by atoms with Gasteiger partial charge in [-0.05, 0) is 59.7 Å². The predicted octanol–water partition coefficient (Wildman–Crippen LogP) is 3.63. The maximum absolute atomic E-state index is 13.5. The maximum atomic E-state index is 13.5. The zero-order valence-corrected chi connectivity index (χ0v) is 24.5. The minimum absolute atomic E-state index is 0.174. The number of hydrogen-bond donors (Lipinski definition) is 2. The monoisotopic (exact) mass is 592 g/mol. The third kappa shape index (κ3) is 5.29. The van der Waals surface area contributed by atoms with Crippen LogP contribution in [-0.2, 0) is 13.1 Å². The van der Waals surface area contributed by atoms with E-state index in [1.54, 1.807) is 38.5 Å². The summed E-state index contributed by atoms with van der Waals surface area (Å²) in [4.78, 5) is 56.4. The number of imide groups is 2. The van der Waals surface area contributed by atoms with Gasteiger partial charge in [0.1, 0.15) is 11.5 Å². The predicted molar refractivity (Wildman–Crippen MR) is 164 cm³/mol. The molecular weight excluding hydrogens is 560 g/mol. The summed E-state index contributed by atoms with van der Waals surface area (Å²) in [6.07, 6.45) is 0. The first-order valence-corrected chi connectivity index (χ1v) is 14.4. The zero-order chi connectivity index (χ0) is 30.8. The molecule has 6 rings (SSSR count). The van der Waals surface area contributed by atoms with Crippen molar-refractivity contribution in [3.63, 3.8) is 0 Å². The summed E-state index contributed by atoms with van der Waals surface area (Å²) in [6, 6.07) is 21.6. The highest BCUT2D eigenvalue weighted by molar-refractivity contribution is 6.33. The Bertz CT molecular complexity index is 1570. The number of carbonyl (C=O) groups excluding carboxylic acids is 4. The normalized spacial score (nSPS) is 14.0. The van der Waals surface area contributed by atoms with Crippen LogP contribution in [0.5, 0.6) is 11.5 Å². The van der Waals surface area contributed by atoms with E-state index in [4.69, 9.17) is 9.47 Å². The highest BCUT2D eigenvalue weighted by atomic mass is 16.5. The van der Waals surface area contributed by atoms with Gasteiger partial charge in [-0.1, -0.05) is 24.3 Å². The lowest BCUT2D eigenvalue weighted by molar-refractivity contribution is 0.0590. The van der Waals surface area contributed by atoms with E-state index in [1.165, 1.54) is 9.80 Å². The lowest BCUT2D eigenvalue weighted by Gasteiger charge is -2.32. The van der Waals surface area contributed by atoms with Crippen LogP contribution < -0.4 is 20.1 Å². The molecule has 0 bridgehead atoms. The molecule has 0 saturated heterocycles. The molecule has 0 unspecified atom stereocenters. The summed E-state index contributed by atoms with van der Waals surface area (Å²) in [5.74, 6) is -0.230. The molecule has 0 saturated carbocycles. The Morgan fingerprint density at radius 3 is 1.11 bits per heavy atom. The first kappa shape index (κ1) is 29.0. The molecule has 4 aromatic rings. The highest BCUT2D eigenvalue weighted by Crippen LogP contribution is 2.37. The average molecular weight is 593 g/mol. The fraction of sp³-hybridized carbons (Fsp3) is 0.235. The summed E-state index contributed by atoms with van der Waals surface area (Å²) in [7, 11) is 3.23. The maximum Gasteiger partial charge on any atom is 0.261 e. The van der Waals surface area contributed by atoms with Crippen LogP contribution in [-0.4, -0.2) is 73.8 Å². The van der Waals surface area contributed by atoms with Crippen molar-refractivity contribution in [2.45, 2.75) is 13.1 Å². The number of rotatable bonds is 12. The van der Waals surface area contributed by atoms with Gasteiger partial charge in [-0.15, -0.1) is 0 Å². The van der Waals surface area contributed by atoms with Crippen LogP contribution in [0.4, 0.5) is 0 Å². The number of hydrogen-bond acceptors (Lipinski definition) is 8. The Balaban J connectivity index is 1.14. The molecule has 0 radical (unpaired) electrons. The van der Waals surface area contributed by atoms with Crippen LogP contribution in [0.2, 0.25) is 0 Å². The Morgan fingerprint density at radius 1 is 0.500 bits per heavy atom. The molecule has 2 aliphatic heterocycles. The smallest absolute Gasteiger partial charge is 0.261 e. The van der Waals surface area contributed by atoms with Gasteiger partial charge < -0.3 is 20.1 Å². The van der Waals surface area contributed by atoms with Crippen LogP contribution in [0.15, 0.2) is 72.8 Å². The zero-order valence-electron chi connectivity index (χ0n) is 24.5. The summed E-state index contributed by atoms with van der Waals surface area (Å²) in [6.45, 7) is 2.28. The fourth-order valence-corrected chi connectivity index (χ4v) is 5.71. The number of ether oxygens (including phenoxy) is 2. The molecule has 4 amide bonds. The number of nitrogens with zero attached hydrogens (tertiary/aromatic N) is 2. The fourth-order valence-electron chi connectivity index (χ4n) is 5.71. The summed E-state index contributed by atoms with van der Waals surface area (Å²) < 4.78 is 10.4. The van der Waals surface area contributed by atoms with E-state index in [0.717, 1.165) is 22.6 Å². The summed E-state index contributed by atoms with van der Waals surface area (Å²) >= 11 is 0. The molecule has 0 fully saturated rings. The van der Waals surface area contributed by atoms with Gasteiger partial charge in [-0.2, -0.15) is 0 Å². The van der Waals surface area contributed by atoms with E-state index in [2.05, 4.69) is 10.6 Å². The summed E-state index contributed by atoms with van der Waals surface area (Å²) in [5, 5.41) is 7.29. The second-order valence-corrected chi connectivity index (χ2v) is 10.6. The van der Waals surface area contributed by atoms with Crippen LogP contribution in [0, 0.1) is 0 Å². The van der Waals surface area contributed by atoms with Crippen molar-refractivity contribution in [3.05, 3.63) is 106 Å². The molecule has 4 aromatic carbocycles. The van der Waals surface area contributed by atoms with Crippen molar-refractivity contribution in [3.8, 4) is 11.5 Å². The van der Waals surface area contributed by atoms with E-state index >= 15 is 0 Å². The molecule has 10 nitrogen and oxygen atoms in total. The van der Waals surface area contributed by atoms with Crippen LogP contribution >= 0.6 is 0 Å². The first-order chi connectivity index (χ1) is 21.4. The quantitative estimate of drug-likeness (QED) is 0.189. The van der Waals surface area contributed by atoms with Gasteiger partial charge in [0.25, 0.3) is 23.6 Å². The average Bonchev–Trinajstić information content (AvgIpc) is 3.06. The van der Waals surface area contributed by atoms with Gasteiger partial charge in [0.05, 0.1) is 14.2 Å². The Morgan fingerprint density at radius 2 is 0.818 bits per heavy atom. The van der Waals surface area contributed by atoms with E-state index in [9.17, 15) is 19.2 Å². The van der Waals surface area contributed by atoms with Gasteiger partial charge in [0.2, 0.25) is 0 Å². The lowest BCUT2D eigenvalue weighted by Crippen LogP contribution is -2.46. The van der Waals surface area contributed by atoms with Gasteiger partial charge in [0, 0.05) is 72.3 Å². The highest BCUT2D eigenvalue weighted by Gasteiger charge is 2.39. The van der Waals surface area contributed by atoms with Gasteiger partial charge in [0.15, 0.2) is 0 Å². The Kier molecular flexibility index (Phi) is 8.10. The number of methoxy groups -OCH3 is 2. The van der Waals surface area contributed by atoms with Crippen molar-refractivity contribution < 1.29 is 28.7 Å². The SMILES string of the molecule is COc1ccc(CNCCN2C(=O)c3ccc4c5c(ccc(c35)C2=O)C(=O)N(CCNCc2ccc(OC)cc2)C4=O)cc1. The van der Waals surface area contributed by atoms with Gasteiger partial charge in [-0.3, -0.25) is 29.0 Å². The molecule has 0 atom stereocenters. The second-order valence-electron chi connectivity index (χ2n) is 10.6. The molecular formula is C34H32N4O6. The minimum atomic E-state index is -0.442. The topological polar surface area (TPSA) is 117 Å². The number of carbonyl (C=O) groups is 4. The Labute approximate surface area is 254 Å². The first-order valence-electron chi connectivity index (χ1n) is 14.4. The van der Waals surface area contributed by atoms with E-state index < -0.39 is 23.6 Å². The summed E-state index contributed by atoms with van der Waals surface area (Å²) in [5.41, 5.74) is 3.33. The third-order valence-corrected chi connectivity index (χ3v) is 8.06.